The maximum atomic E-state index is 11.1. The second-order valence-electron chi connectivity index (χ2n) is 3.77. The van der Waals surface area contributed by atoms with Gasteiger partial charge in [-0.3, -0.25) is 4.79 Å². The van der Waals surface area contributed by atoms with Crippen LogP contribution in [0.2, 0.25) is 0 Å². The molecule has 4 nitrogen and oxygen atoms in total. The van der Waals surface area contributed by atoms with E-state index in [0.29, 0.717) is 24.2 Å². The largest absolute Gasteiger partial charge is 0.508 e. The second-order valence-corrected chi connectivity index (χ2v) is 3.77. The molecule has 0 saturated heterocycles. The summed E-state index contributed by atoms with van der Waals surface area (Å²) in [6.45, 7) is 0. The molecule has 1 aliphatic carbocycles. The standard InChI is InChI=1S/C11H12O4/c1-15-7-2-3-9(12)8(6-7)11(4-5-11)10(13)14/h2-3,6,12H,4-5H2,1H3,(H,13,14). The number of carboxylic acids is 1. The number of aromatic hydroxyl groups is 1. The Balaban J connectivity index is 2.47. The Labute approximate surface area is 87.1 Å². The number of carbonyl (C=O) groups is 1. The molecule has 0 aliphatic heterocycles. The van der Waals surface area contributed by atoms with E-state index in [1.807, 2.05) is 0 Å². The van der Waals surface area contributed by atoms with Crippen molar-refractivity contribution in [3.63, 3.8) is 0 Å². The minimum absolute atomic E-state index is 0.0238. The molecule has 1 aromatic carbocycles. The van der Waals surface area contributed by atoms with Crippen LogP contribution in [0.4, 0.5) is 0 Å². The topological polar surface area (TPSA) is 66.8 Å². The molecular weight excluding hydrogens is 196 g/mol. The smallest absolute Gasteiger partial charge is 0.314 e. The van der Waals surface area contributed by atoms with Crippen LogP contribution in [-0.2, 0) is 10.2 Å². The number of hydrogen-bond donors (Lipinski definition) is 2. The average molecular weight is 208 g/mol. The van der Waals surface area contributed by atoms with Crippen molar-refractivity contribution in [1.29, 1.82) is 0 Å². The van der Waals surface area contributed by atoms with E-state index < -0.39 is 11.4 Å². The fourth-order valence-electron chi connectivity index (χ4n) is 1.75. The Morgan fingerprint density at radius 3 is 2.60 bits per heavy atom. The number of ether oxygens (including phenoxy) is 1. The van der Waals surface area contributed by atoms with Gasteiger partial charge in [0.15, 0.2) is 0 Å². The lowest BCUT2D eigenvalue weighted by molar-refractivity contribution is -0.140. The van der Waals surface area contributed by atoms with Crippen molar-refractivity contribution in [3.8, 4) is 11.5 Å². The molecule has 2 rings (SSSR count). The summed E-state index contributed by atoms with van der Waals surface area (Å²) in [5, 5.41) is 18.7. The Morgan fingerprint density at radius 1 is 1.47 bits per heavy atom. The molecule has 0 spiro atoms. The van der Waals surface area contributed by atoms with E-state index in [9.17, 15) is 9.90 Å². The van der Waals surface area contributed by atoms with Gasteiger partial charge in [-0.15, -0.1) is 0 Å². The molecule has 15 heavy (non-hydrogen) atoms. The number of carboxylic acid groups (broad SMARTS) is 1. The van der Waals surface area contributed by atoms with Gasteiger partial charge in [-0.1, -0.05) is 0 Å². The fraction of sp³-hybridized carbons (Fsp3) is 0.364. The predicted molar refractivity (Wildman–Crippen MR) is 53.2 cm³/mol. The average Bonchev–Trinajstić information content (AvgIpc) is 2.99. The number of phenolic OH excluding ortho intramolecular Hbond substituents is 1. The Kier molecular flexibility index (Phi) is 2.07. The molecule has 1 fully saturated rings. The predicted octanol–water partition coefficient (Wildman–Crippen LogP) is 1.52. The number of rotatable bonds is 3. The van der Waals surface area contributed by atoms with Crippen LogP contribution in [0.3, 0.4) is 0 Å². The summed E-state index contributed by atoms with van der Waals surface area (Å²) >= 11 is 0. The minimum atomic E-state index is -0.890. The molecule has 0 atom stereocenters. The molecule has 80 valence electrons. The Bertz CT molecular complexity index is 407. The van der Waals surface area contributed by atoms with Gasteiger partial charge in [-0.05, 0) is 31.0 Å². The van der Waals surface area contributed by atoms with E-state index in [0.717, 1.165) is 0 Å². The van der Waals surface area contributed by atoms with Crippen LogP contribution >= 0.6 is 0 Å². The molecule has 0 amide bonds. The molecule has 0 heterocycles. The zero-order valence-electron chi connectivity index (χ0n) is 8.36. The van der Waals surface area contributed by atoms with Crippen LogP contribution in [0.25, 0.3) is 0 Å². The van der Waals surface area contributed by atoms with Crippen LogP contribution in [0.5, 0.6) is 11.5 Å². The van der Waals surface area contributed by atoms with E-state index in [-0.39, 0.29) is 5.75 Å². The number of phenols is 1. The third-order valence-corrected chi connectivity index (χ3v) is 2.88. The zero-order chi connectivity index (χ0) is 11.1. The van der Waals surface area contributed by atoms with Gasteiger partial charge >= 0.3 is 5.97 Å². The van der Waals surface area contributed by atoms with E-state index in [2.05, 4.69) is 0 Å². The van der Waals surface area contributed by atoms with E-state index >= 15 is 0 Å². The van der Waals surface area contributed by atoms with Gasteiger partial charge in [0.05, 0.1) is 12.5 Å². The summed E-state index contributed by atoms with van der Waals surface area (Å²) in [6.07, 6.45) is 1.14. The molecule has 1 saturated carbocycles. The molecule has 1 aliphatic rings. The van der Waals surface area contributed by atoms with Crippen molar-refractivity contribution in [2.45, 2.75) is 18.3 Å². The summed E-state index contributed by atoms with van der Waals surface area (Å²) in [7, 11) is 1.51. The molecule has 0 radical (unpaired) electrons. The second kappa shape index (κ2) is 3.15. The minimum Gasteiger partial charge on any atom is -0.508 e. The van der Waals surface area contributed by atoms with E-state index in [1.165, 1.54) is 13.2 Å². The normalized spacial score (nSPS) is 17.1. The third kappa shape index (κ3) is 1.42. The maximum Gasteiger partial charge on any atom is 0.314 e. The summed E-state index contributed by atoms with van der Waals surface area (Å²) < 4.78 is 5.01. The van der Waals surface area contributed by atoms with Crippen LogP contribution < -0.4 is 4.74 Å². The van der Waals surface area contributed by atoms with Gasteiger partial charge in [0.2, 0.25) is 0 Å². The summed E-state index contributed by atoms with van der Waals surface area (Å²) in [4.78, 5) is 11.1. The first-order chi connectivity index (χ1) is 7.10. The molecule has 2 N–H and O–H groups in total. The van der Waals surface area contributed by atoms with Crippen molar-refractivity contribution in [2.75, 3.05) is 7.11 Å². The highest BCUT2D eigenvalue weighted by Crippen LogP contribution is 2.52. The molecule has 0 aromatic heterocycles. The first-order valence-electron chi connectivity index (χ1n) is 4.71. The van der Waals surface area contributed by atoms with Crippen LogP contribution in [0.1, 0.15) is 18.4 Å². The quantitative estimate of drug-likeness (QED) is 0.790. The molecular formula is C11H12O4. The highest BCUT2D eigenvalue weighted by atomic mass is 16.5. The van der Waals surface area contributed by atoms with Gasteiger partial charge in [-0.2, -0.15) is 0 Å². The lowest BCUT2D eigenvalue weighted by Gasteiger charge is -2.13. The number of hydrogen-bond acceptors (Lipinski definition) is 3. The first kappa shape index (κ1) is 9.83. The molecule has 4 heteroatoms. The molecule has 0 bridgehead atoms. The monoisotopic (exact) mass is 208 g/mol. The summed E-state index contributed by atoms with van der Waals surface area (Å²) in [6, 6.07) is 4.67. The Hall–Kier alpha value is -1.71. The molecule has 1 aromatic rings. The first-order valence-corrected chi connectivity index (χ1v) is 4.71. The van der Waals surface area contributed by atoms with Gasteiger partial charge < -0.3 is 14.9 Å². The van der Waals surface area contributed by atoms with Crippen molar-refractivity contribution >= 4 is 5.97 Å². The van der Waals surface area contributed by atoms with Gasteiger partial charge in [0, 0.05) is 5.56 Å². The zero-order valence-corrected chi connectivity index (χ0v) is 8.36. The number of methoxy groups -OCH3 is 1. The van der Waals surface area contributed by atoms with Crippen molar-refractivity contribution in [2.24, 2.45) is 0 Å². The van der Waals surface area contributed by atoms with Crippen LogP contribution in [-0.4, -0.2) is 23.3 Å². The van der Waals surface area contributed by atoms with E-state index in [1.54, 1.807) is 12.1 Å². The number of aliphatic carboxylic acids is 1. The van der Waals surface area contributed by atoms with E-state index in [4.69, 9.17) is 9.84 Å². The summed E-state index contributed by atoms with van der Waals surface area (Å²) in [5.74, 6) is -0.294. The van der Waals surface area contributed by atoms with Crippen molar-refractivity contribution < 1.29 is 19.7 Å². The lowest BCUT2D eigenvalue weighted by Crippen LogP contribution is -2.19. The fourth-order valence-corrected chi connectivity index (χ4v) is 1.75. The van der Waals surface area contributed by atoms with Crippen molar-refractivity contribution in [1.82, 2.24) is 0 Å². The Morgan fingerprint density at radius 2 is 2.13 bits per heavy atom. The van der Waals surface area contributed by atoms with Crippen LogP contribution in [0, 0.1) is 0 Å². The number of benzene rings is 1. The van der Waals surface area contributed by atoms with Gasteiger partial charge in [0.25, 0.3) is 0 Å². The van der Waals surface area contributed by atoms with Gasteiger partial charge in [-0.25, -0.2) is 0 Å². The molecule has 0 unspecified atom stereocenters. The highest BCUT2D eigenvalue weighted by molar-refractivity contribution is 5.86. The van der Waals surface area contributed by atoms with Crippen molar-refractivity contribution in [3.05, 3.63) is 23.8 Å². The summed E-state index contributed by atoms with van der Waals surface area (Å²) in [5.41, 5.74) is -0.437. The lowest BCUT2D eigenvalue weighted by atomic mass is 9.95. The highest BCUT2D eigenvalue weighted by Gasteiger charge is 2.53. The third-order valence-electron chi connectivity index (χ3n) is 2.88. The van der Waals surface area contributed by atoms with Crippen LogP contribution in [0.15, 0.2) is 18.2 Å². The maximum absolute atomic E-state index is 11.1. The van der Waals surface area contributed by atoms with Gasteiger partial charge in [0.1, 0.15) is 11.5 Å². The SMILES string of the molecule is COc1ccc(O)c(C2(C(=O)O)CC2)c1.